The fraction of sp³-hybridized carbons (Fsp3) is 0.471. The van der Waals surface area contributed by atoms with Crippen LogP contribution in [0.25, 0.3) is 5.52 Å². The zero-order valence-corrected chi connectivity index (χ0v) is 13.5. The Morgan fingerprint density at radius 2 is 2.00 bits per heavy atom. The lowest BCUT2D eigenvalue weighted by molar-refractivity contribution is -0.143. The fourth-order valence-electron chi connectivity index (χ4n) is 2.48. The number of pyridine rings is 1. The Morgan fingerprint density at radius 1 is 1.27 bits per heavy atom. The number of aromatic nitrogens is 2. The second-order valence-electron chi connectivity index (χ2n) is 5.72. The minimum absolute atomic E-state index is 0.0575. The Hall–Kier alpha value is -2.17. The van der Waals surface area contributed by atoms with Gasteiger partial charge in [0.15, 0.2) is 5.78 Å². The molecule has 2 aromatic rings. The van der Waals surface area contributed by atoms with Gasteiger partial charge in [0.2, 0.25) is 0 Å². The summed E-state index contributed by atoms with van der Waals surface area (Å²) in [4.78, 5) is 24.4. The van der Waals surface area contributed by atoms with E-state index in [-0.39, 0.29) is 24.1 Å². The first kappa shape index (κ1) is 16.2. The highest BCUT2D eigenvalue weighted by molar-refractivity contribution is 6.05. The maximum Gasteiger partial charge on any atom is 0.306 e. The van der Waals surface area contributed by atoms with Gasteiger partial charge in [-0.05, 0) is 25.0 Å². The summed E-state index contributed by atoms with van der Waals surface area (Å²) in [7, 11) is 0. The molecule has 5 heteroatoms. The predicted molar refractivity (Wildman–Crippen MR) is 84.0 cm³/mol. The smallest absolute Gasteiger partial charge is 0.306 e. The monoisotopic (exact) mass is 302 g/mol. The van der Waals surface area contributed by atoms with E-state index in [1.54, 1.807) is 18.4 Å². The Balaban J connectivity index is 2.38. The molecular formula is C17H22N2O3. The first-order chi connectivity index (χ1) is 10.5. The molecule has 0 N–H and O–H groups in total. The van der Waals surface area contributed by atoms with Crippen LogP contribution in [-0.4, -0.2) is 28.0 Å². The van der Waals surface area contributed by atoms with Gasteiger partial charge in [0.1, 0.15) is 0 Å². The number of esters is 1. The minimum atomic E-state index is -0.426. The van der Waals surface area contributed by atoms with Crippen LogP contribution in [0.5, 0.6) is 0 Å². The predicted octanol–water partition coefficient (Wildman–Crippen LogP) is 3.23. The van der Waals surface area contributed by atoms with E-state index in [0.717, 1.165) is 11.2 Å². The first-order valence-electron chi connectivity index (χ1n) is 7.62. The molecule has 2 aromatic heterocycles. The normalized spacial score (nSPS) is 12.6. The number of ether oxygens (including phenoxy) is 1. The molecule has 0 radical (unpaired) electrons. The van der Waals surface area contributed by atoms with Crippen molar-refractivity contribution in [3.63, 3.8) is 0 Å². The number of nitrogens with zero attached hydrogens (tertiary/aromatic N) is 2. The molecule has 0 bridgehead atoms. The van der Waals surface area contributed by atoms with Crippen LogP contribution in [0.1, 0.15) is 56.1 Å². The summed E-state index contributed by atoms with van der Waals surface area (Å²) in [5.74, 6) is -0.692. The molecule has 22 heavy (non-hydrogen) atoms. The molecule has 0 aliphatic heterocycles. The Bertz CT molecular complexity index is 688. The maximum atomic E-state index is 12.8. The van der Waals surface area contributed by atoms with Crippen LogP contribution in [0.15, 0.2) is 24.4 Å². The van der Waals surface area contributed by atoms with Crippen LogP contribution >= 0.6 is 0 Å². The summed E-state index contributed by atoms with van der Waals surface area (Å²) in [5, 5.41) is 4.51. The van der Waals surface area contributed by atoms with Gasteiger partial charge in [0.05, 0.1) is 29.8 Å². The van der Waals surface area contributed by atoms with Crippen molar-refractivity contribution >= 4 is 17.3 Å². The molecule has 0 spiro atoms. The highest BCUT2D eigenvalue weighted by Crippen LogP contribution is 2.26. The number of carbonyl (C=O) groups excluding carboxylic acids is 2. The lowest BCUT2D eigenvalue weighted by Gasteiger charge is -2.11. The molecule has 0 aliphatic carbocycles. The van der Waals surface area contributed by atoms with Crippen LogP contribution in [0, 0.1) is 5.92 Å². The minimum Gasteiger partial charge on any atom is -0.466 e. The van der Waals surface area contributed by atoms with E-state index in [2.05, 4.69) is 5.10 Å². The van der Waals surface area contributed by atoms with E-state index < -0.39 is 5.92 Å². The van der Waals surface area contributed by atoms with Gasteiger partial charge in [0.25, 0.3) is 0 Å². The molecule has 2 heterocycles. The Kier molecular flexibility index (Phi) is 4.96. The molecule has 1 atom stereocenters. The van der Waals surface area contributed by atoms with Gasteiger partial charge in [-0.15, -0.1) is 0 Å². The van der Waals surface area contributed by atoms with Crippen LogP contribution in [0.3, 0.4) is 0 Å². The standard InChI is InChI=1S/C17H22N2O3/c1-5-22-14(20)10-12(4)17(21)15-13-8-6-7-9-19(13)18-16(15)11(2)3/h6-9,11-12H,5,10H2,1-4H3. The molecule has 118 valence electrons. The summed E-state index contributed by atoms with van der Waals surface area (Å²) in [6, 6.07) is 5.64. The lowest BCUT2D eigenvalue weighted by atomic mass is 9.92. The molecule has 0 aromatic carbocycles. The second kappa shape index (κ2) is 6.73. The van der Waals surface area contributed by atoms with E-state index in [1.807, 2.05) is 38.2 Å². The van der Waals surface area contributed by atoms with Gasteiger partial charge in [-0.1, -0.05) is 26.8 Å². The topological polar surface area (TPSA) is 60.7 Å². The maximum absolute atomic E-state index is 12.8. The second-order valence-corrected chi connectivity index (χ2v) is 5.72. The van der Waals surface area contributed by atoms with Crippen molar-refractivity contribution < 1.29 is 14.3 Å². The summed E-state index contributed by atoms with van der Waals surface area (Å²) in [5.41, 5.74) is 2.17. The van der Waals surface area contributed by atoms with Crippen molar-refractivity contribution in [3.8, 4) is 0 Å². The summed E-state index contributed by atoms with van der Waals surface area (Å²) in [6.07, 6.45) is 1.92. The highest BCUT2D eigenvalue weighted by atomic mass is 16.5. The molecule has 0 aliphatic rings. The Labute approximate surface area is 130 Å². The number of rotatable bonds is 6. The van der Waals surface area contributed by atoms with Crippen LogP contribution in [0.4, 0.5) is 0 Å². The van der Waals surface area contributed by atoms with Crippen LogP contribution < -0.4 is 0 Å². The van der Waals surface area contributed by atoms with E-state index in [0.29, 0.717) is 12.2 Å². The fourth-order valence-corrected chi connectivity index (χ4v) is 2.48. The third-order valence-corrected chi connectivity index (χ3v) is 3.59. The third kappa shape index (κ3) is 3.18. The highest BCUT2D eigenvalue weighted by Gasteiger charge is 2.27. The van der Waals surface area contributed by atoms with Crippen molar-refractivity contribution in [2.24, 2.45) is 5.92 Å². The van der Waals surface area contributed by atoms with E-state index in [9.17, 15) is 9.59 Å². The van der Waals surface area contributed by atoms with Crippen LogP contribution in [0.2, 0.25) is 0 Å². The average Bonchev–Trinajstić information content (AvgIpc) is 2.86. The number of hydrogen-bond donors (Lipinski definition) is 0. The lowest BCUT2D eigenvalue weighted by Crippen LogP contribution is -2.18. The van der Waals surface area contributed by atoms with Gasteiger partial charge >= 0.3 is 5.97 Å². The summed E-state index contributed by atoms with van der Waals surface area (Å²) < 4.78 is 6.66. The van der Waals surface area contributed by atoms with Gasteiger partial charge in [-0.25, -0.2) is 4.52 Å². The molecule has 0 saturated heterocycles. The number of hydrogen-bond acceptors (Lipinski definition) is 4. The van der Waals surface area contributed by atoms with Crippen molar-refractivity contribution in [3.05, 3.63) is 35.7 Å². The van der Waals surface area contributed by atoms with Gasteiger partial charge < -0.3 is 4.74 Å². The van der Waals surface area contributed by atoms with E-state index >= 15 is 0 Å². The molecule has 1 unspecified atom stereocenters. The van der Waals surface area contributed by atoms with E-state index in [1.165, 1.54) is 0 Å². The quantitative estimate of drug-likeness (QED) is 0.607. The summed E-state index contributed by atoms with van der Waals surface area (Å²) >= 11 is 0. The zero-order valence-electron chi connectivity index (χ0n) is 13.5. The van der Waals surface area contributed by atoms with Crippen LogP contribution in [-0.2, 0) is 9.53 Å². The van der Waals surface area contributed by atoms with Gasteiger partial charge in [-0.2, -0.15) is 5.10 Å². The largest absolute Gasteiger partial charge is 0.466 e. The van der Waals surface area contributed by atoms with Crippen molar-refractivity contribution in [1.82, 2.24) is 9.61 Å². The molecule has 2 rings (SSSR count). The average molecular weight is 302 g/mol. The van der Waals surface area contributed by atoms with Crippen molar-refractivity contribution in [2.45, 2.75) is 40.0 Å². The van der Waals surface area contributed by atoms with Crippen molar-refractivity contribution in [2.75, 3.05) is 6.61 Å². The molecular weight excluding hydrogens is 280 g/mol. The molecule has 0 fully saturated rings. The molecule has 0 saturated carbocycles. The number of ketones is 1. The molecule has 5 nitrogen and oxygen atoms in total. The molecule has 0 amide bonds. The van der Waals surface area contributed by atoms with Gasteiger partial charge in [0, 0.05) is 12.1 Å². The number of Topliss-reactive ketones (excluding diaryl/α,β-unsaturated/α-hetero) is 1. The van der Waals surface area contributed by atoms with Gasteiger partial charge in [-0.3, -0.25) is 9.59 Å². The zero-order chi connectivity index (χ0) is 16.3. The third-order valence-electron chi connectivity index (χ3n) is 3.59. The Morgan fingerprint density at radius 3 is 2.64 bits per heavy atom. The van der Waals surface area contributed by atoms with E-state index in [4.69, 9.17) is 4.74 Å². The SMILES string of the molecule is CCOC(=O)CC(C)C(=O)c1c(C(C)C)nn2ccccc12. The first-order valence-corrected chi connectivity index (χ1v) is 7.62. The van der Waals surface area contributed by atoms with Crippen molar-refractivity contribution in [1.29, 1.82) is 0 Å². The number of carbonyl (C=O) groups is 2. The number of fused-ring (bicyclic) bond motifs is 1. The summed E-state index contributed by atoms with van der Waals surface area (Å²) in [6.45, 7) is 7.86.